The second-order valence-electron chi connectivity index (χ2n) is 11.9. The predicted molar refractivity (Wildman–Crippen MR) is 173 cm³/mol. The summed E-state index contributed by atoms with van der Waals surface area (Å²) in [5, 5.41) is 6.34. The van der Waals surface area contributed by atoms with Crippen LogP contribution in [0.4, 0.5) is 0 Å². The molecule has 4 N–H and O–H groups in total. The van der Waals surface area contributed by atoms with Gasteiger partial charge in [0.1, 0.15) is 6.04 Å². The molecule has 1 aromatic rings. The summed E-state index contributed by atoms with van der Waals surface area (Å²) in [6, 6.07) is 8.86. The molecule has 1 saturated heterocycles. The van der Waals surface area contributed by atoms with Gasteiger partial charge >= 0.3 is 5.97 Å². The number of esters is 1. The van der Waals surface area contributed by atoms with Crippen molar-refractivity contribution in [2.75, 3.05) is 33.9 Å². The van der Waals surface area contributed by atoms with Gasteiger partial charge in [0.25, 0.3) is 0 Å². The molecular weight excluding hydrogens is 560 g/mol. The van der Waals surface area contributed by atoms with E-state index >= 15 is 0 Å². The predicted octanol–water partition coefficient (Wildman–Crippen LogP) is 3.58. The van der Waals surface area contributed by atoms with E-state index in [-0.39, 0.29) is 66.9 Å². The molecule has 248 valence electrons. The molecule has 10 heteroatoms. The van der Waals surface area contributed by atoms with Crippen LogP contribution in [0.15, 0.2) is 42.6 Å². The highest BCUT2D eigenvalue weighted by Crippen LogP contribution is 2.30. The van der Waals surface area contributed by atoms with Crippen molar-refractivity contribution in [2.24, 2.45) is 17.6 Å². The third-order valence-corrected chi connectivity index (χ3v) is 8.85. The minimum absolute atomic E-state index is 0.0110. The van der Waals surface area contributed by atoms with Crippen molar-refractivity contribution in [3.63, 3.8) is 0 Å². The first-order valence-corrected chi connectivity index (χ1v) is 16.1. The van der Waals surface area contributed by atoms with Gasteiger partial charge in [0.2, 0.25) is 11.8 Å². The Bertz CT molecular complexity index is 1040. The fourth-order valence-corrected chi connectivity index (χ4v) is 5.75. The number of carbonyl (C=O) groups excluding carboxylic acids is 3. The number of hydrogen-bond donors (Lipinski definition) is 3. The normalized spacial score (nSPS) is 18.9. The van der Waals surface area contributed by atoms with Crippen LogP contribution in [0, 0.1) is 11.8 Å². The molecule has 44 heavy (non-hydrogen) atoms. The number of nitrogens with one attached hydrogen (secondary N) is 2. The second kappa shape index (κ2) is 19.4. The Morgan fingerprint density at radius 2 is 1.82 bits per heavy atom. The average Bonchev–Trinajstić information content (AvgIpc) is 3.52. The maximum atomic E-state index is 13.5. The molecule has 0 unspecified atom stereocenters. The van der Waals surface area contributed by atoms with Crippen molar-refractivity contribution in [2.45, 2.75) is 103 Å². The fraction of sp³-hybridized carbons (Fsp3) is 0.676. The van der Waals surface area contributed by atoms with E-state index in [0.29, 0.717) is 38.0 Å². The summed E-state index contributed by atoms with van der Waals surface area (Å²) in [4.78, 5) is 40.2. The zero-order chi connectivity index (χ0) is 32.6. The van der Waals surface area contributed by atoms with Crippen molar-refractivity contribution in [1.29, 1.82) is 0 Å². The van der Waals surface area contributed by atoms with Crippen LogP contribution in [-0.4, -0.2) is 86.9 Å². The smallest absolute Gasteiger partial charge is 0.305 e. The molecule has 2 amide bonds. The van der Waals surface area contributed by atoms with Crippen LogP contribution in [0.5, 0.6) is 0 Å². The highest BCUT2D eigenvalue weighted by atomic mass is 16.5. The van der Waals surface area contributed by atoms with E-state index in [4.69, 9.17) is 19.9 Å². The number of rotatable bonds is 20. The molecule has 7 atom stereocenters. The molecule has 1 aromatic carbocycles. The first-order chi connectivity index (χ1) is 21.1. The first kappa shape index (κ1) is 37.2. The lowest BCUT2D eigenvalue weighted by molar-refractivity contribution is -0.143. The van der Waals surface area contributed by atoms with Gasteiger partial charge in [-0.1, -0.05) is 71.0 Å². The van der Waals surface area contributed by atoms with Crippen LogP contribution in [0.25, 0.3) is 0 Å². The van der Waals surface area contributed by atoms with Crippen LogP contribution in [0.2, 0.25) is 0 Å². The number of likely N-dealkylation sites (tertiary alicyclic amines) is 1. The number of methoxy groups -OCH3 is 2. The minimum atomic E-state index is -0.575. The van der Waals surface area contributed by atoms with Gasteiger partial charge in [0, 0.05) is 57.8 Å². The number of carbonyl (C=O) groups is 3. The lowest BCUT2D eigenvalue weighted by Crippen LogP contribution is -2.51. The summed E-state index contributed by atoms with van der Waals surface area (Å²) >= 11 is 0. The highest BCUT2D eigenvalue weighted by molar-refractivity contribution is 5.82. The SMILES string of the molecule is C=C(N[C@@H](Cc1ccccc1)C(=O)NCCCOC(=O)CC)[C@H](C)[C@@H](OC)[C@@H]1CCCN1C(=O)C[C@@H](OC)[C@@H](N)[C@@H](C)CC. The molecule has 0 bridgehead atoms. The van der Waals surface area contributed by atoms with E-state index in [9.17, 15) is 14.4 Å². The third kappa shape index (κ3) is 11.2. The van der Waals surface area contributed by atoms with Gasteiger partial charge in [-0.05, 0) is 30.7 Å². The third-order valence-electron chi connectivity index (χ3n) is 8.85. The van der Waals surface area contributed by atoms with E-state index in [1.54, 1.807) is 21.1 Å². The Morgan fingerprint density at radius 1 is 1.11 bits per heavy atom. The molecule has 2 rings (SSSR count). The standard InChI is InChI=1S/C34H56N4O6/c1-8-23(3)32(35)29(42-6)22-30(39)38-19-13-17-28(38)33(43-7)24(4)25(5)37-27(21-26-15-11-10-12-16-26)34(41)36-18-14-20-44-31(40)9-2/h10-12,15-16,23-24,27-29,32-33,37H,5,8-9,13-14,17-22,35H2,1-4,6-7H3,(H,36,41)/t23-,24-,27-,28-,29+,32-,33+/m0/s1. The maximum Gasteiger partial charge on any atom is 0.305 e. The molecule has 0 aliphatic carbocycles. The van der Waals surface area contributed by atoms with E-state index < -0.39 is 6.04 Å². The van der Waals surface area contributed by atoms with Gasteiger partial charge in [-0.15, -0.1) is 0 Å². The summed E-state index contributed by atoms with van der Waals surface area (Å²) in [5.74, 6) is -0.370. The van der Waals surface area contributed by atoms with Crippen LogP contribution in [0.3, 0.4) is 0 Å². The summed E-state index contributed by atoms with van der Waals surface area (Å²) < 4.78 is 16.8. The van der Waals surface area contributed by atoms with Gasteiger partial charge in [-0.25, -0.2) is 0 Å². The highest BCUT2D eigenvalue weighted by Gasteiger charge is 2.40. The van der Waals surface area contributed by atoms with Crippen LogP contribution >= 0.6 is 0 Å². The van der Waals surface area contributed by atoms with Gasteiger partial charge < -0.3 is 35.5 Å². The molecular formula is C34H56N4O6. The Kier molecular flexibility index (Phi) is 16.5. The second-order valence-corrected chi connectivity index (χ2v) is 11.9. The van der Waals surface area contributed by atoms with Crippen molar-refractivity contribution >= 4 is 17.8 Å². The van der Waals surface area contributed by atoms with Gasteiger partial charge in [-0.3, -0.25) is 14.4 Å². The number of hydrogen-bond acceptors (Lipinski definition) is 8. The Hall–Kier alpha value is -2.95. The number of benzene rings is 1. The lowest BCUT2D eigenvalue weighted by Gasteiger charge is -2.37. The number of amides is 2. The van der Waals surface area contributed by atoms with Crippen LogP contribution < -0.4 is 16.4 Å². The lowest BCUT2D eigenvalue weighted by atomic mass is 9.91. The van der Waals surface area contributed by atoms with Gasteiger partial charge in [-0.2, -0.15) is 0 Å². The van der Waals surface area contributed by atoms with Gasteiger partial charge in [0.05, 0.1) is 31.3 Å². The zero-order valence-corrected chi connectivity index (χ0v) is 27.7. The Balaban J connectivity index is 2.10. The first-order valence-electron chi connectivity index (χ1n) is 16.1. The Labute approximate surface area is 264 Å². The summed E-state index contributed by atoms with van der Waals surface area (Å²) in [6.07, 6.45) is 3.46. The zero-order valence-electron chi connectivity index (χ0n) is 27.7. The summed E-state index contributed by atoms with van der Waals surface area (Å²) in [6.45, 7) is 13.5. The summed E-state index contributed by atoms with van der Waals surface area (Å²) in [5.41, 5.74) is 8.11. The van der Waals surface area contributed by atoms with Crippen molar-refractivity contribution < 1.29 is 28.6 Å². The van der Waals surface area contributed by atoms with Crippen molar-refractivity contribution in [3.05, 3.63) is 48.2 Å². The van der Waals surface area contributed by atoms with E-state index in [2.05, 4.69) is 31.1 Å². The van der Waals surface area contributed by atoms with Crippen LogP contribution in [0.1, 0.15) is 71.8 Å². The number of nitrogens with two attached hydrogens (primary N) is 1. The number of ether oxygens (including phenoxy) is 3. The van der Waals surface area contributed by atoms with Crippen molar-refractivity contribution in [1.82, 2.24) is 15.5 Å². The molecule has 0 aromatic heterocycles. The van der Waals surface area contributed by atoms with E-state index in [1.165, 1.54) is 0 Å². The van der Waals surface area contributed by atoms with Gasteiger partial charge in [0.15, 0.2) is 0 Å². The topological polar surface area (TPSA) is 132 Å². The largest absolute Gasteiger partial charge is 0.466 e. The molecule has 0 saturated carbocycles. The molecule has 1 aliphatic heterocycles. The monoisotopic (exact) mass is 616 g/mol. The quantitative estimate of drug-likeness (QED) is 0.150. The van der Waals surface area contributed by atoms with Crippen LogP contribution in [-0.2, 0) is 35.0 Å². The molecule has 10 nitrogen and oxygen atoms in total. The maximum absolute atomic E-state index is 13.5. The van der Waals surface area contributed by atoms with Crippen molar-refractivity contribution in [3.8, 4) is 0 Å². The molecule has 0 radical (unpaired) electrons. The molecule has 1 aliphatic rings. The number of nitrogens with zero attached hydrogens (tertiary/aromatic N) is 1. The minimum Gasteiger partial charge on any atom is -0.466 e. The fourth-order valence-electron chi connectivity index (χ4n) is 5.75. The van der Waals surface area contributed by atoms with E-state index in [0.717, 1.165) is 24.8 Å². The molecule has 1 fully saturated rings. The Morgan fingerprint density at radius 3 is 2.43 bits per heavy atom. The van der Waals surface area contributed by atoms with E-state index in [1.807, 2.05) is 42.2 Å². The average molecular weight is 617 g/mol. The summed E-state index contributed by atoms with van der Waals surface area (Å²) in [7, 11) is 3.27. The molecule has 1 heterocycles. The molecule has 0 spiro atoms.